The van der Waals surface area contributed by atoms with Crippen molar-refractivity contribution in [2.24, 2.45) is 5.92 Å². The standard InChI is InChI=1S/C8H17P/c1-3-8-5-6-9(4-2)7-8/h8H,3-7H2,1-2H3/t8-,9-/m1/s1. The maximum Gasteiger partial charge on any atom is -0.0297 e. The zero-order valence-electron chi connectivity index (χ0n) is 6.56. The summed E-state index contributed by atoms with van der Waals surface area (Å²) in [5.74, 6) is 1.11. The highest BCUT2D eigenvalue weighted by Gasteiger charge is 2.20. The van der Waals surface area contributed by atoms with Gasteiger partial charge in [-0.2, -0.15) is 0 Å². The van der Waals surface area contributed by atoms with Crippen molar-refractivity contribution in [1.82, 2.24) is 0 Å². The molecule has 0 spiro atoms. The van der Waals surface area contributed by atoms with Gasteiger partial charge >= 0.3 is 0 Å². The molecule has 0 aromatic rings. The fraction of sp³-hybridized carbons (Fsp3) is 1.00. The van der Waals surface area contributed by atoms with E-state index in [1.165, 1.54) is 19.0 Å². The molecule has 1 saturated heterocycles. The number of rotatable bonds is 2. The van der Waals surface area contributed by atoms with Gasteiger partial charge in [0.05, 0.1) is 0 Å². The SMILES string of the molecule is CC[C@@H]1CC[P@@](CC)C1. The Labute approximate surface area is 59.8 Å². The van der Waals surface area contributed by atoms with Crippen molar-refractivity contribution in [1.29, 1.82) is 0 Å². The zero-order valence-corrected chi connectivity index (χ0v) is 7.45. The van der Waals surface area contributed by atoms with E-state index in [1.807, 2.05) is 0 Å². The molecule has 54 valence electrons. The average Bonchev–Trinajstić information content (AvgIpc) is 2.34. The average molecular weight is 144 g/mol. The van der Waals surface area contributed by atoms with Crippen LogP contribution >= 0.6 is 7.92 Å². The quantitative estimate of drug-likeness (QED) is 0.523. The second-order valence-electron chi connectivity index (χ2n) is 2.96. The maximum absolute atomic E-state index is 2.35. The van der Waals surface area contributed by atoms with Crippen molar-refractivity contribution in [3.63, 3.8) is 0 Å². The Morgan fingerprint density at radius 3 is 2.56 bits per heavy atom. The maximum atomic E-state index is 2.35. The summed E-state index contributed by atoms with van der Waals surface area (Å²) in [5, 5.41) is 0. The van der Waals surface area contributed by atoms with E-state index in [2.05, 4.69) is 13.8 Å². The summed E-state index contributed by atoms with van der Waals surface area (Å²) in [7, 11) is 0.512. The second kappa shape index (κ2) is 3.56. The highest BCUT2D eigenvalue weighted by Crippen LogP contribution is 2.46. The molecule has 1 heteroatoms. The third kappa shape index (κ3) is 1.93. The Hall–Kier alpha value is 0.430. The van der Waals surface area contributed by atoms with E-state index in [4.69, 9.17) is 0 Å². The zero-order chi connectivity index (χ0) is 6.69. The molecule has 9 heavy (non-hydrogen) atoms. The molecule has 1 aliphatic rings. The largest absolute Gasteiger partial charge is 0.107 e. The van der Waals surface area contributed by atoms with Crippen LogP contribution in [0.3, 0.4) is 0 Å². The molecule has 0 nitrogen and oxygen atoms in total. The van der Waals surface area contributed by atoms with Crippen LogP contribution in [-0.4, -0.2) is 18.5 Å². The molecule has 0 amide bonds. The van der Waals surface area contributed by atoms with E-state index < -0.39 is 0 Å². The van der Waals surface area contributed by atoms with Crippen molar-refractivity contribution in [3.8, 4) is 0 Å². The van der Waals surface area contributed by atoms with Crippen LogP contribution in [0.4, 0.5) is 0 Å². The predicted molar refractivity (Wildman–Crippen MR) is 45.6 cm³/mol. The first-order valence-electron chi connectivity index (χ1n) is 4.09. The summed E-state index contributed by atoms with van der Waals surface area (Å²) < 4.78 is 0. The van der Waals surface area contributed by atoms with Gasteiger partial charge in [0.1, 0.15) is 0 Å². The van der Waals surface area contributed by atoms with Crippen LogP contribution in [0.2, 0.25) is 0 Å². The van der Waals surface area contributed by atoms with Gasteiger partial charge in [0.15, 0.2) is 0 Å². The molecule has 0 N–H and O–H groups in total. The second-order valence-corrected chi connectivity index (χ2v) is 5.74. The van der Waals surface area contributed by atoms with Gasteiger partial charge in [-0.3, -0.25) is 0 Å². The van der Waals surface area contributed by atoms with E-state index in [9.17, 15) is 0 Å². The highest BCUT2D eigenvalue weighted by atomic mass is 31.1. The summed E-state index contributed by atoms with van der Waals surface area (Å²) in [6, 6.07) is 0. The van der Waals surface area contributed by atoms with Crippen LogP contribution in [0.5, 0.6) is 0 Å². The molecule has 0 bridgehead atoms. The molecular formula is C8H17P. The summed E-state index contributed by atoms with van der Waals surface area (Å²) in [6.45, 7) is 4.68. The van der Waals surface area contributed by atoms with Crippen LogP contribution in [0, 0.1) is 5.92 Å². The van der Waals surface area contributed by atoms with Crippen molar-refractivity contribution in [2.45, 2.75) is 26.7 Å². The third-order valence-electron chi connectivity index (χ3n) is 2.39. The molecule has 0 aromatic carbocycles. The Bertz CT molecular complexity index is 70.6. The monoisotopic (exact) mass is 144 g/mol. The topological polar surface area (TPSA) is 0 Å². The van der Waals surface area contributed by atoms with E-state index in [1.54, 1.807) is 12.3 Å². The molecule has 1 rings (SSSR count). The first kappa shape index (κ1) is 7.54. The van der Waals surface area contributed by atoms with Gasteiger partial charge in [-0.25, -0.2) is 0 Å². The number of hydrogen-bond acceptors (Lipinski definition) is 0. The first-order valence-corrected chi connectivity index (χ1v) is 5.99. The number of hydrogen-bond donors (Lipinski definition) is 0. The summed E-state index contributed by atoms with van der Waals surface area (Å²) in [6.07, 6.45) is 7.60. The van der Waals surface area contributed by atoms with Gasteiger partial charge in [0, 0.05) is 0 Å². The molecule has 1 aliphatic heterocycles. The Morgan fingerprint density at radius 2 is 2.22 bits per heavy atom. The molecule has 2 atom stereocenters. The van der Waals surface area contributed by atoms with Crippen molar-refractivity contribution >= 4 is 7.92 Å². The fourth-order valence-corrected chi connectivity index (χ4v) is 4.19. The summed E-state index contributed by atoms with van der Waals surface area (Å²) >= 11 is 0. The predicted octanol–water partition coefficient (Wildman–Crippen LogP) is 2.92. The van der Waals surface area contributed by atoms with Crippen molar-refractivity contribution in [2.75, 3.05) is 18.5 Å². The smallest absolute Gasteiger partial charge is 0.0297 e. The Kier molecular flexibility index (Phi) is 2.98. The molecule has 0 aromatic heterocycles. The lowest BCUT2D eigenvalue weighted by Gasteiger charge is -2.05. The van der Waals surface area contributed by atoms with Crippen molar-refractivity contribution in [3.05, 3.63) is 0 Å². The molecule has 0 aliphatic carbocycles. The van der Waals surface area contributed by atoms with Crippen molar-refractivity contribution < 1.29 is 0 Å². The Balaban J connectivity index is 2.20. The van der Waals surface area contributed by atoms with E-state index in [-0.39, 0.29) is 0 Å². The minimum Gasteiger partial charge on any atom is -0.107 e. The molecule has 0 unspecified atom stereocenters. The molecule has 0 saturated carbocycles. The molecule has 1 fully saturated rings. The normalized spacial score (nSPS) is 35.3. The van der Waals surface area contributed by atoms with Crippen LogP contribution in [0.15, 0.2) is 0 Å². The van der Waals surface area contributed by atoms with Crippen LogP contribution < -0.4 is 0 Å². The van der Waals surface area contributed by atoms with Crippen LogP contribution in [0.1, 0.15) is 26.7 Å². The minimum absolute atomic E-state index is 0.512. The lowest BCUT2D eigenvalue weighted by Crippen LogP contribution is -1.93. The fourth-order valence-electron chi connectivity index (χ4n) is 1.53. The summed E-state index contributed by atoms with van der Waals surface area (Å²) in [5.41, 5.74) is 0. The van der Waals surface area contributed by atoms with Crippen LogP contribution in [0.25, 0.3) is 0 Å². The minimum atomic E-state index is 0.512. The third-order valence-corrected chi connectivity index (χ3v) is 5.21. The van der Waals surface area contributed by atoms with Gasteiger partial charge in [-0.1, -0.05) is 20.3 Å². The lowest BCUT2D eigenvalue weighted by atomic mass is 10.1. The molecule has 1 heterocycles. The van der Waals surface area contributed by atoms with E-state index in [0.29, 0.717) is 7.92 Å². The van der Waals surface area contributed by atoms with E-state index >= 15 is 0 Å². The first-order chi connectivity index (χ1) is 4.36. The van der Waals surface area contributed by atoms with Gasteiger partial charge in [0.25, 0.3) is 0 Å². The van der Waals surface area contributed by atoms with Gasteiger partial charge in [-0.05, 0) is 30.8 Å². The Morgan fingerprint density at radius 1 is 1.44 bits per heavy atom. The van der Waals surface area contributed by atoms with Gasteiger partial charge in [-0.15, -0.1) is 7.92 Å². The molecule has 0 radical (unpaired) electrons. The van der Waals surface area contributed by atoms with Crippen LogP contribution in [-0.2, 0) is 0 Å². The lowest BCUT2D eigenvalue weighted by molar-refractivity contribution is 0.578. The van der Waals surface area contributed by atoms with E-state index in [0.717, 1.165) is 5.92 Å². The van der Waals surface area contributed by atoms with Gasteiger partial charge in [0.2, 0.25) is 0 Å². The van der Waals surface area contributed by atoms with Gasteiger partial charge < -0.3 is 0 Å². The summed E-state index contributed by atoms with van der Waals surface area (Å²) in [4.78, 5) is 0. The highest BCUT2D eigenvalue weighted by molar-refractivity contribution is 7.57. The molecular weight excluding hydrogens is 127 g/mol.